The molecule has 0 radical (unpaired) electrons. The zero-order chi connectivity index (χ0) is 18.2. The molecule has 0 atom stereocenters. The number of carbonyl (C=O) groups excluding carboxylic acids is 2. The van der Waals surface area contributed by atoms with Crippen LogP contribution in [0.25, 0.3) is 0 Å². The molecule has 0 aliphatic heterocycles. The summed E-state index contributed by atoms with van der Waals surface area (Å²) in [7, 11) is 3.50. The van der Waals surface area contributed by atoms with E-state index in [1.54, 1.807) is 23.9 Å². The Bertz CT molecular complexity index is 537. The van der Waals surface area contributed by atoms with Crippen molar-refractivity contribution in [3.63, 3.8) is 0 Å². The van der Waals surface area contributed by atoms with Crippen molar-refractivity contribution < 1.29 is 9.59 Å². The third-order valence-corrected chi connectivity index (χ3v) is 3.87. The summed E-state index contributed by atoms with van der Waals surface area (Å²) in [5.74, 6) is 0.00235. The van der Waals surface area contributed by atoms with E-state index in [-0.39, 0.29) is 36.2 Å². The molecule has 0 saturated heterocycles. The van der Waals surface area contributed by atoms with Crippen LogP contribution in [0.4, 0.5) is 4.79 Å². The smallest absolute Gasteiger partial charge is 0.317 e. The van der Waals surface area contributed by atoms with E-state index in [1.807, 2.05) is 44.2 Å². The summed E-state index contributed by atoms with van der Waals surface area (Å²) in [6, 6.07) is 9.59. The lowest BCUT2D eigenvalue weighted by Gasteiger charge is -2.29. The van der Waals surface area contributed by atoms with E-state index in [4.69, 9.17) is 5.73 Å². The normalized spacial score (nSPS) is 10.6. The van der Waals surface area contributed by atoms with Crippen molar-refractivity contribution in [3.05, 3.63) is 35.9 Å². The highest BCUT2D eigenvalue weighted by molar-refractivity contribution is 5.85. The van der Waals surface area contributed by atoms with Gasteiger partial charge in [-0.15, -0.1) is 12.4 Å². The second-order valence-electron chi connectivity index (χ2n) is 6.94. The van der Waals surface area contributed by atoms with Gasteiger partial charge in [-0.25, -0.2) is 4.79 Å². The summed E-state index contributed by atoms with van der Waals surface area (Å²) in [5.41, 5.74) is 6.65. The maximum absolute atomic E-state index is 12.1. The quantitative estimate of drug-likeness (QED) is 0.735. The topological polar surface area (TPSA) is 78.7 Å². The molecule has 0 heterocycles. The van der Waals surface area contributed by atoms with Crippen LogP contribution in [-0.2, 0) is 11.3 Å². The van der Waals surface area contributed by atoms with E-state index in [0.717, 1.165) is 5.56 Å². The Kier molecular flexibility index (Phi) is 10.2. The SMILES string of the molecule is CN(CC(C)(C)CN)C(=O)CCNC(=O)N(C)Cc1ccccc1.Cl. The number of benzene rings is 1. The first-order valence-electron chi connectivity index (χ1n) is 8.22. The lowest BCUT2D eigenvalue weighted by molar-refractivity contribution is -0.130. The first-order chi connectivity index (χ1) is 11.2. The molecule has 25 heavy (non-hydrogen) atoms. The Balaban J connectivity index is 0.00000576. The summed E-state index contributed by atoms with van der Waals surface area (Å²) in [6.07, 6.45) is 0.280. The van der Waals surface area contributed by atoms with Gasteiger partial charge in [-0.3, -0.25) is 4.79 Å². The standard InChI is InChI=1S/C18H30N4O2.ClH/c1-18(2,13-19)14-22(4)16(23)10-11-20-17(24)21(3)12-15-8-6-5-7-9-15;/h5-9H,10-14,19H2,1-4H3,(H,20,24);1H. The third-order valence-electron chi connectivity index (χ3n) is 3.87. The molecule has 0 bridgehead atoms. The fourth-order valence-electron chi connectivity index (χ4n) is 2.33. The van der Waals surface area contributed by atoms with Crippen molar-refractivity contribution in [2.75, 3.05) is 33.7 Å². The summed E-state index contributed by atoms with van der Waals surface area (Å²) in [6.45, 7) is 6.03. The number of hydrogen-bond donors (Lipinski definition) is 2. The van der Waals surface area contributed by atoms with Gasteiger partial charge in [0.1, 0.15) is 0 Å². The Morgan fingerprint density at radius 2 is 1.72 bits per heavy atom. The van der Waals surface area contributed by atoms with E-state index in [9.17, 15) is 9.59 Å². The number of nitrogens with zero attached hydrogens (tertiary/aromatic N) is 2. The summed E-state index contributed by atoms with van der Waals surface area (Å²) in [5, 5.41) is 2.78. The van der Waals surface area contributed by atoms with Gasteiger partial charge in [-0.05, 0) is 17.5 Å². The van der Waals surface area contributed by atoms with Crippen LogP contribution >= 0.6 is 12.4 Å². The molecule has 6 nitrogen and oxygen atoms in total. The fraction of sp³-hybridized carbons (Fsp3) is 0.556. The molecule has 0 aromatic heterocycles. The van der Waals surface area contributed by atoms with Crippen LogP contribution < -0.4 is 11.1 Å². The molecule has 7 heteroatoms. The zero-order valence-corrected chi connectivity index (χ0v) is 16.4. The van der Waals surface area contributed by atoms with Gasteiger partial charge in [0.25, 0.3) is 0 Å². The molecule has 0 saturated carbocycles. The monoisotopic (exact) mass is 370 g/mol. The van der Waals surface area contributed by atoms with Crippen molar-refractivity contribution in [1.29, 1.82) is 0 Å². The van der Waals surface area contributed by atoms with Crippen molar-refractivity contribution in [3.8, 4) is 0 Å². The third kappa shape index (κ3) is 8.74. The molecule has 0 aliphatic rings. The van der Waals surface area contributed by atoms with Gasteiger partial charge in [-0.2, -0.15) is 0 Å². The van der Waals surface area contributed by atoms with Crippen molar-refractivity contribution in [2.24, 2.45) is 11.1 Å². The van der Waals surface area contributed by atoms with Crippen molar-refractivity contribution >= 4 is 24.3 Å². The molecule has 0 spiro atoms. The minimum absolute atomic E-state index is 0. The maximum Gasteiger partial charge on any atom is 0.317 e. The number of urea groups is 1. The Morgan fingerprint density at radius 1 is 1.12 bits per heavy atom. The second-order valence-corrected chi connectivity index (χ2v) is 6.94. The number of nitrogens with two attached hydrogens (primary N) is 1. The number of hydrogen-bond acceptors (Lipinski definition) is 3. The van der Waals surface area contributed by atoms with Crippen LogP contribution in [0.2, 0.25) is 0 Å². The summed E-state index contributed by atoms with van der Waals surface area (Å²) in [4.78, 5) is 27.4. The van der Waals surface area contributed by atoms with Gasteiger partial charge in [0.2, 0.25) is 5.91 Å². The molecule has 1 aromatic carbocycles. The first-order valence-corrected chi connectivity index (χ1v) is 8.22. The Labute approximate surface area is 157 Å². The van der Waals surface area contributed by atoms with E-state index in [1.165, 1.54) is 0 Å². The molecule has 0 unspecified atom stereocenters. The van der Waals surface area contributed by atoms with E-state index >= 15 is 0 Å². The molecule has 0 aliphatic carbocycles. The molecule has 3 amide bonds. The predicted octanol–water partition coefficient (Wildman–Crippen LogP) is 2.08. The number of halogens is 1. The minimum Gasteiger partial charge on any atom is -0.345 e. The average molecular weight is 371 g/mol. The first kappa shape index (κ1) is 23.2. The average Bonchev–Trinajstić information content (AvgIpc) is 2.55. The predicted molar refractivity (Wildman–Crippen MR) is 104 cm³/mol. The lowest BCUT2D eigenvalue weighted by Crippen LogP contribution is -2.42. The van der Waals surface area contributed by atoms with Gasteiger partial charge in [-0.1, -0.05) is 44.2 Å². The van der Waals surface area contributed by atoms with Crippen LogP contribution in [0.5, 0.6) is 0 Å². The van der Waals surface area contributed by atoms with E-state index < -0.39 is 0 Å². The Hall–Kier alpha value is -1.79. The number of nitrogens with one attached hydrogen (secondary N) is 1. The van der Waals surface area contributed by atoms with Crippen LogP contribution in [0, 0.1) is 5.41 Å². The molecule has 142 valence electrons. The van der Waals surface area contributed by atoms with Crippen LogP contribution in [0.1, 0.15) is 25.8 Å². The van der Waals surface area contributed by atoms with E-state index in [0.29, 0.717) is 26.2 Å². The van der Waals surface area contributed by atoms with Crippen LogP contribution in [0.15, 0.2) is 30.3 Å². The van der Waals surface area contributed by atoms with Crippen molar-refractivity contribution in [1.82, 2.24) is 15.1 Å². The maximum atomic E-state index is 12.1. The second kappa shape index (κ2) is 10.9. The van der Waals surface area contributed by atoms with Crippen molar-refractivity contribution in [2.45, 2.75) is 26.8 Å². The number of rotatable bonds is 8. The fourth-order valence-corrected chi connectivity index (χ4v) is 2.33. The summed E-state index contributed by atoms with van der Waals surface area (Å²) >= 11 is 0. The molecule has 3 N–H and O–H groups in total. The van der Waals surface area contributed by atoms with Gasteiger partial charge in [0, 0.05) is 40.2 Å². The zero-order valence-electron chi connectivity index (χ0n) is 15.6. The molecule has 1 rings (SSSR count). The lowest BCUT2D eigenvalue weighted by atomic mass is 9.93. The molecule has 0 fully saturated rings. The van der Waals surface area contributed by atoms with Gasteiger partial charge < -0.3 is 20.9 Å². The highest BCUT2D eigenvalue weighted by atomic mass is 35.5. The highest BCUT2D eigenvalue weighted by Crippen LogP contribution is 2.14. The number of carbonyl (C=O) groups is 2. The summed E-state index contributed by atoms with van der Waals surface area (Å²) < 4.78 is 0. The van der Waals surface area contributed by atoms with Crippen LogP contribution in [0.3, 0.4) is 0 Å². The van der Waals surface area contributed by atoms with Gasteiger partial charge in [0.05, 0.1) is 0 Å². The highest BCUT2D eigenvalue weighted by Gasteiger charge is 2.21. The Morgan fingerprint density at radius 3 is 2.28 bits per heavy atom. The molecular weight excluding hydrogens is 340 g/mol. The van der Waals surface area contributed by atoms with Gasteiger partial charge in [0.15, 0.2) is 0 Å². The molecular formula is C18H31ClN4O2. The minimum atomic E-state index is -0.184. The van der Waals surface area contributed by atoms with Crippen LogP contribution in [-0.4, -0.2) is 55.5 Å². The largest absolute Gasteiger partial charge is 0.345 e. The van der Waals surface area contributed by atoms with E-state index in [2.05, 4.69) is 5.32 Å². The molecule has 1 aromatic rings. The van der Waals surface area contributed by atoms with Gasteiger partial charge >= 0.3 is 6.03 Å². The number of amides is 3.